The predicted octanol–water partition coefficient (Wildman–Crippen LogP) is 4.01. The average molecular weight is 275 g/mol. The van der Waals surface area contributed by atoms with E-state index in [9.17, 15) is 4.79 Å². The number of Topliss-reactive ketones (excluding diaryl/α,β-unsaturated/α-hetero) is 1. The van der Waals surface area contributed by atoms with Crippen molar-refractivity contribution in [3.63, 3.8) is 0 Å². The smallest absolute Gasteiger partial charge is 0.149 e. The number of carbonyl (C=O) groups excluding carboxylic acids is 1. The molecule has 21 heavy (non-hydrogen) atoms. The molecule has 2 aromatic carbocycles. The van der Waals surface area contributed by atoms with E-state index in [1.165, 1.54) is 5.56 Å². The van der Waals surface area contributed by atoms with Crippen LogP contribution in [0.2, 0.25) is 0 Å². The molecule has 0 aromatic heterocycles. The third-order valence-corrected chi connectivity index (χ3v) is 4.72. The van der Waals surface area contributed by atoms with Gasteiger partial charge in [0.1, 0.15) is 5.78 Å². The summed E-state index contributed by atoms with van der Waals surface area (Å²) < 4.78 is 0. The zero-order valence-electron chi connectivity index (χ0n) is 11.9. The van der Waals surface area contributed by atoms with E-state index in [2.05, 4.69) is 18.2 Å². The maximum absolute atomic E-state index is 12.9. The lowest BCUT2D eigenvalue weighted by Gasteiger charge is -2.34. The van der Waals surface area contributed by atoms with Crippen LogP contribution in [0.5, 0.6) is 0 Å². The van der Waals surface area contributed by atoms with Gasteiger partial charge in [-0.15, -0.1) is 0 Å². The molecular weight excluding hydrogens is 258 g/mol. The highest BCUT2D eigenvalue weighted by atomic mass is 16.1. The molecule has 0 saturated heterocycles. The number of fused-ring (bicyclic) bond motifs is 3. The van der Waals surface area contributed by atoms with Crippen molar-refractivity contribution in [1.82, 2.24) is 0 Å². The number of hydrogen-bond acceptors (Lipinski definition) is 2. The second kappa shape index (κ2) is 4.66. The molecule has 0 amide bonds. The van der Waals surface area contributed by atoms with Gasteiger partial charge in [0.05, 0.1) is 11.1 Å². The van der Waals surface area contributed by atoms with E-state index >= 15 is 0 Å². The number of nitrogens with zero attached hydrogens (tertiary/aromatic N) is 1. The lowest BCUT2D eigenvalue weighted by molar-refractivity contribution is -0.122. The molecule has 0 bridgehead atoms. The fourth-order valence-corrected chi connectivity index (χ4v) is 3.74. The Hall–Kier alpha value is -2.22. The van der Waals surface area contributed by atoms with E-state index in [1.54, 1.807) is 0 Å². The van der Waals surface area contributed by atoms with Crippen LogP contribution in [0, 0.1) is 0 Å². The van der Waals surface area contributed by atoms with Crippen LogP contribution in [0.25, 0.3) is 0 Å². The Morgan fingerprint density at radius 1 is 0.952 bits per heavy atom. The van der Waals surface area contributed by atoms with Crippen LogP contribution < -0.4 is 0 Å². The summed E-state index contributed by atoms with van der Waals surface area (Å²) in [4.78, 5) is 17.7. The van der Waals surface area contributed by atoms with E-state index in [-0.39, 0.29) is 0 Å². The number of para-hydroxylation sites is 1. The molecule has 1 heterocycles. The Balaban J connectivity index is 1.88. The Bertz CT molecular complexity index is 732. The van der Waals surface area contributed by atoms with Crippen LogP contribution in [0.15, 0.2) is 59.6 Å². The highest BCUT2D eigenvalue weighted by Gasteiger charge is 2.50. The molecule has 1 unspecified atom stereocenters. The summed E-state index contributed by atoms with van der Waals surface area (Å²) in [7, 11) is 0. The number of benzene rings is 2. The molecule has 4 rings (SSSR count). The summed E-state index contributed by atoms with van der Waals surface area (Å²) >= 11 is 0. The van der Waals surface area contributed by atoms with E-state index in [4.69, 9.17) is 4.99 Å². The molecule has 2 heteroatoms. The maximum atomic E-state index is 12.9. The molecule has 2 nitrogen and oxygen atoms in total. The molecule has 0 spiro atoms. The summed E-state index contributed by atoms with van der Waals surface area (Å²) in [5, 5.41) is 0. The molecule has 1 atom stereocenters. The number of ketones is 1. The predicted molar refractivity (Wildman–Crippen MR) is 84.2 cm³/mol. The fraction of sp³-hybridized carbons (Fsp3) is 0.263. The Morgan fingerprint density at radius 3 is 2.57 bits per heavy atom. The van der Waals surface area contributed by atoms with E-state index < -0.39 is 5.41 Å². The average Bonchev–Trinajstić information content (AvgIpc) is 2.84. The van der Waals surface area contributed by atoms with Crippen LogP contribution in [0.1, 0.15) is 30.4 Å². The quantitative estimate of drug-likeness (QED) is 0.814. The minimum absolute atomic E-state index is 0.335. The maximum Gasteiger partial charge on any atom is 0.149 e. The molecule has 2 aliphatic rings. The zero-order chi connectivity index (χ0) is 14.3. The van der Waals surface area contributed by atoms with Crippen molar-refractivity contribution >= 4 is 17.2 Å². The van der Waals surface area contributed by atoms with Gasteiger partial charge in [-0.05, 0) is 36.5 Å². The van der Waals surface area contributed by atoms with Crippen molar-refractivity contribution in [2.24, 2.45) is 4.99 Å². The molecule has 0 N–H and O–H groups in total. The second-order valence-electron chi connectivity index (χ2n) is 5.92. The molecule has 2 aromatic rings. The van der Waals surface area contributed by atoms with Crippen molar-refractivity contribution in [1.29, 1.82) is 0 Å². The summed E-state index contributed by atoms with van der Waals surface area (Å²) in [5.74, 6) is 0.335. The molecular formula is C19H17NO. The number of aliphatic imine (C=N–C) groups is 1. The minimum Gasteiger partial charge on any atom is -0.298 e. The first-order valence-corrected chi connectivity index (χ1v) is 7.55. The Morgan fingerprint density at radius 2 is 1.71 bits per heavy atom. The van der Waals surface area contributed by atoms with Crippen LogP contribution >= 0.6 is 0 Å². The Kier molecular flexibility index (Phi) is 2.78. The first-order valence-electron chi connectivity index (χ1n) is 7.55. The highest BCUT2D eigenvalue weighted by Crippen LogP contribution is 2.47. The normalized spacial score (nSPS) is 23.4. The van der Waals surface area contributed by atoms with Gasteiger partial charge in [0.2, 0.25) is 0 Å². The van der Waals surface area contributed by atoms with Crippen LogP contribution in [-0.4, -0.2) is 11.5 Å². The lowest BCUT2D eigenvalue weighted by Crippen LogP contribution is -2.46. The SMILES string of the molecule is O=C1CCCC2=Nc3ccccc3C12Cc1ccccc1. The van der Waals surface area contributed by atoms with Crippen molar-refractivity contribution in [3.05, 3.63) is 65.7 Å². The van der Waals surface area contributed by atoms with Gasteiger partial charge in [0.15, 0.2) is 0 Å². The third-order valence-electron chi connectivity index (χ3n) is 4.72. The van der Waals surface area contributed by atoms with Gasteiger partial charge in [0, 0.05) is 12.1 Å². The lowest BCUT2D eigenvalue weighted by atomic mass is 9.65. The third kappa shape index (κ3) is 1.79. The number of hydrogen-bond donors (Lipinski definition) is 0. The largest absolute Gasteiger partial charge is 0.298 e. The van der Waals surface area contributed by atoms with Crippen LogP contribution in [0.4, 0.5) is 5.69 Å². The van der Waals surface area contributed by atoms with Crippen LogP contribution in [-0.2, 0) is 16.6 Å². The number of carbonyl (C=O) groups is 1. The molecule has 104 valence electrons. The van der Waals surface area contributed by atoms with Gasteiger partial charge in [0.25, 0.3) is 0 Å². The standard InChI is InChI=1S/C19H17NO/c21-18-12-6-11-17-19(18,13-14-7-2-1-3-8-14)15-9-4-5-10-16(15)20-17/h1-5,7-10H,6,11-13H2. The molecule has 1 aliphatic heterocycles. The monoisotopic (exact) mass is 275 g/mol. The molecule has 1 aliphatic carbocycles. The van der Waals surface area contributed by atoms with Crippen LogP contribution in [0.3, 0.4) is 0 Å². The zero-order valence-corrected chi connectivity index (χ0v) is 11.9. The van der Waals surface area contributed by atoms with Gasteiger partial charge in [-0.2, -0.15) is 0 Å². The van der Waals surface area contributed by atoms with Gasteiger partial charge < -0.3 is 0 Å². The molecule has 1 fully saturated rings. The fourth-order valence-electron chi connectivity index (χ4n) is 3.74. The first-order chi connectivity index (χ1) is 10.3. The van der Waals surface area contributed by atoms with E-state index in [0.29, 0.717) is 12.2 Å². The first kappa shape index (κ1) is 12.5. The molecule has 1 saturated carbocycles. The number of rotatable bonds is 2. The Labute approximate surface area is 124 Å². The van der Waals surface area contributed by atoms with Crippen molar-refractivity contribution in [3.8, 4) is 0 Å². The van der Waals surface area contributed by atoms with Crippen molar-refractivity contribution in [2.45, 2.75) is 31.1 Å². The summed E-state index contributed by atoms with van der Waals surface area (Å²) in [6.07, 6.45) is 3.28. The summed E-state index contributed by atoms with van der Waals surface area (Å²) in [6.45, 7) is 0. The topological polar surface area (TPSA) is 29.4 Å². The summed E-state index contributed by atoms with van der Waals surface area (Å²) in [6, 6.07) is 18.4. The van der Waals surface area contributed by atoms with Crippen molar-refractivity contribution < 1.29 is 4.79 Å². The van der Waals surface area contributed by atoms with Gasteiger partial charge in [-0.25, -0.2) is 0 Å². The molecule has 0 radical (unpaired) electrons. The van der Waals surface area contributed by atoms with E-state index in [0.717, 1.165) is 36.2 Å². The highest BCUT2D eigenvalue weighted by molar-refractivity contribution is 6.20. The van der Waals surface area contributed by atoms with Gasteiger partial charge in [-0.3, -0.25) is 9.79 Å². The summed E-state index contributed by atoms with van der Waals surface area (Å²) in [5.41, 5.74) is 3.86. The van der Waals surface area contributed by atoms with Crippen molar-refractivity contribution in [2.75, 3.05) is 0 Å². The second-order valence-corrected chi connectivity index (χ2v) is 5.92. The van der Waals surface area contributed by atoms with Gasteiger partial charge >= 0.3 is 0 Å². The van der Waals surface area contributed by atoms with Gasteiger partial charge in [-0.1, -0.05) is 48.5 Å². The minimum atomic E-state index is -0.504. The van der Waals surface area contributed by atoms with E-state index in [1.807, 2.05) is 36.4 Å².